The van der Waals surface area contributed by atoms with Crippen molar-refractivity contribution >= 4 is 17.4 Å². The quantitative estimate of drug-likeness (QED) is 0.615. The Balaban J connectivity index is 2.35. The van der Waals surface area contributed by atoms with Crippen molar-refractivity contribution in [3.05, 3.63) is 63.9 Å². The first-order chi connectivity index (χ1) is 9.82. The van der Waals surface area contributed by atoms with Gasteiger partial charge in [-0.15, -0.1) is 0 Å². The van der Waals surface area contributed by atoms with Gasteiger partial charge in [0.1, 0.15) is 10.8 Å². The van der Waals surface area contributed by atoms with Gasteiger partial charge in [0.05, 0.1) is 5.56 Å². The monoisotopic (exact) mass is 313 g/mol. The third kappa shape index (κ3) is 3.42. The number of rotatable bonds is 3. The normalized spacial score (nSPS) is 11.5. The van der Waals surface area contributed by atoms with Crippen molar-refractivity contribution in [3.8, 4) is 0 Å². The number of hydrogen-bond acceptors (Lipinski definition) is 2. The van der Waals surface area contributed by atoms with E-state index in [-0.39, 0.29) is 5.56 Å². The molecular weight excluding hydrogens is 303 g/mol. The Hall–Kier alpha value is -1.88. The van der Waals surface area contributed by atoms with Crippen molar-refractivity contribution in [2.75, 3.05) is 0 Å². The molecule has 0 amide bonds. The van der Waals surface area contributed by atoms with Gasteiger partial charge in [-0.3, -0.25) is 4.79 Å². The van der Waals surface area contributed by atoms with Gasteiger partial charge >= 0.3 is 6.18 Å². The summed E-state index contributed by atoms with van der Waals surface area (Å²) in [5.41, 5.74) is 0.248. The molecule has 1 heterocycles. The van der Waals surface area contributed by atoms with Crippen molar-refractivity contribution in [2.24, 2.45) is 0 Å². The van der Waals surface area contributed by atoms with Crippen LogP contribution in [-0.2, 0) is 12.6 Å². The fourth-order valence-corrected chi connectivity index (χ4v) is 2.05. The number of nitrogens with zero attached hydrogens (tertiary/aromatic N) is 1. The molecule has 2 rings (SSSR count). The number of aryl methyl sites for hydroxylation is 1. The first kappa shape index (κ1) is 15.5. The van der Waals surface area contributed by atoms with E-state index >= 15 is 0 Å². The molecule has 1 aromatic heterocycles. The zero-order chi connectivity index (χ0) is 15.6. The molecule has 0 unspecified atom stereocenters. The second kappa shape index (κ2) is 5.85. The molecule has 0 saturated heterocycles. The lowest BCUT2D eigenvalue weighted by molar-refractivity contribution is -0.141. The van der Waals surface area contributed by atoms with Gasteiger partial charge in [-0.1, -0.05) is 42.8 Å². The van der Waals surface area contributed by atoms with Gasteiger partial charge in [-0.25, -0.2) is 4.98 Å². The smallest absolute Gasteiger partial charge is 0.288 e. The number of alkyl halides is 3. The molecule has 6 heteroatoms. The van der Waals surface area contributed by atoms with E-state index < -0.39 is 22.8 Å². The maximum absolute atomic E-state index is 12.5. The van der Waals surface area contributed by atoms with Crippen molar-refractivity contribution in [1.29, 1.82) is 0 Å². The molecule has 1 aromatic carbocycles. The van der Waals surface area contributed by atoms with Crippen LogP contribution in [0.15, 0.2) is 36.4 Å². The number of carbonyl (C=O) groups is 1. The topological polar surface area (TPSA) is 30.0 Å². The Bertz CT molecular complexity index is 666. The third-order valence-electron chi connectivity index (χ3n) is 3.01. The van der Waals surface area contributed by atoms with Crippen LogP contribution in [0, 0.1) is 0 Å². The SMILES string of the molecule is CCc1ccc(C(=O)c2ccc(C(F)(F)F)nc2Cl)cc1. The van der Waals surface area contributed by atoms with Crippen molar-refractivity contribution in [2.45, 2.75) is 19.5 Å². The molecule has 0 N–H and O–H groups in total. The van der Waals surface area contributed by atoms with E-state index in [9.17, 15) is 18.0 Å². The Kier molecular flexibility index (Phi) is 4.32. The standard InChI is InChI=1S/C15H11ClF3NO/c1-2-9-3-5-10(6-4-9)13(21)11-7-8-12(15(17,18)19)20-14(11)16/h3-8H,2H2,1H3. The number of pyridine rings is 1. The van der Waals surface area contributed by atoms with Crippen LogP contribution in [0.25, 0.3) is 0 Å². The van der Waals surface area contributed by atoms with Gasteiger partial charge in [0.15, 0.2) is 5.78 Å². The highest BCUT2D eigenvalue weighted by molar-refractivity contribution is 6.33. The van der Waals surface area contributed by atoms with Crippen molar-refractivity contribution in [1.82, 2.24) is 4.98 Å². The van der Waals surface area contributed by atoms with Crippen LogP contribution < -0.4 is 0 Å². The van der Waals surface area contributed by atoms with Crippen LogP contribution in [0.4, 0.5) is 13.2 Å². The maximum Gasteiger partial charge on any atom is 0.433 e. The second-order valence-electron chi connectivity index (χ2n) is 4.41. The lowest BCUT2D eigenvalue weighted by atomic mass is 10.0. The molecule has 0 bridgehead atoms. The summed E-state index contributed by atoms with van der Waals surface area (Å²) in [6, 6.07) is 8.62. The predicted octanol–water partition coefficient (Wildman–Crippen LogP) is 4.55. The highest BCUT2D eigenvalue weighted by Gasteiger charge is 2.33. The molecule has 2 aromatic rings. The Morgan fingerprint density at radius 2 is 1.76 bits per heavy atom. The number of halogens is 4. The molecule has 2 nitrogen and oxygen atoms in total. The van der Waals surface area contributed by atoms with Gasteiger partial charge in [0, 0.05) is 5.56 Å². The first-order valence-electron chi connectivity index (χ1n) is 6.20. The average molecular weight is 314 g/mol. The summed E-state index contributed by atoms with van der Waals surface area (Å²) >= 11 is 5.71. The van der Waals surface area contributed by atoms with Crippen LogP contribution in [0.3, 0.4) is 0 Å². The van der Waals surface area contributed by atoms with Gasteiger partial charge in [-0.2, -0.15) is 13.2 Å². The van der Waals surface area contributed by atoms with E-state index in [0.29, 0.717) is 5.56 Å². The summed E-state index contributed by atoms with van der Waals surface area (Å²) in [5.74, 6) is -0.455. The minimum absolute atomic E-state index is 0.0473. The minimum atomic E-state index is -4.59. The maximum atomic E-state index is 12.5. The zero-order valence-corrected chi connectivity index (χ0v) is 11.8. The molecule has 0 aliphatic carbocycles. The van der Waals surface area contributed by atoms with Gasteiger partial charge in [-0.05, 0) is 24.1 Å². The highest BCUT2D eigenvalue weighted by Crippen LogP contribution is 2.30. The van der Waals surface area contributed by atoms with E-state index in [1.807, 2.05) is 6.92 Å². The molecule has 0 saturated carbocycles. The molecular formula is C15H11ClF3NO. The fraction of sp³-hybridized carbons (Fsp3) is 0.200. The van der Waals surface area contributed by atoms with Gasteiger partial charge in [0.25, 0.3) is 0 Å². The number of ketones is 1. The largest absolute Gasteiger partial charge is 0.433 e. The van der Waals surface area contributed by atoms with E-state index in [0.717, 1.165) is 24.1 Å². The van der Waals surface area contributed by atoms with E-state index in [4.69, 9.17) is 11.6 Å². The second-order valence-corrected chi connectivity index (χ2v) is 4.77. The van der Waals surface area contributed by atoms with Crippen LogP contribution in [0.2, 0.25) is 5.15 Å². The number of aromatic nitrogens is 1. The highest BCUT2D eigenvalue weighted by atomic mass is 35.5. The molecule has 0 aliphatic heterocycles. The Morgan fingerprint density at radius 1 is 1.14 bits per heavy atom. The van der Waals surface area contributed by atoms with Crippen LogP contribution in [0.1, 0.15) is 34.1 Å². The molecule has 0 spiro atoms. The summed E-state index contributed by atoms with van der Waals surface area (Å²) in [5, 5.41) is -0.450. The van der Waals surface area contributed by atoms with Crippen molar-refractivity contribution < 1.29 is 18.0 Å². The summed E-state index contributed by atoms with van der Waals surface area (Å²) in [7, 11) is 0. The number of carbonyl (C=O) groups excluding carboxylic acids is 1. The molecule has 110 valence electrons. The molecule has 0 radical (unpaired) electrons. The molecule has 0 atom stereocenters. The number of benzene rings is 1. The average Bonchev–Trinajstić information content (AvgIpc) is 2.45. The summed E-state index contributed by atoms with van der Waals surface area (Å²) in [6.07, 6.45) is -3.76. The summed E-state index contributed by atoms with van der Waals surface area (Å²) in [4.78, 5) is 15.5. The lowest BCUT2D eigenvalue weighted by Gasteiger charge is -2.08. The summed E-state index contributed by atoms with van der Waals surface area (Å²) < 4.78 is 37.5. The van der Waals surface area contributed by atoms with Gasteiger partial charge in [0.2, 0.25) is 0 Å². The zero-order valence-electron chi connectivity index (χ0n) is 11.0. The Morgan fingerprint density at radius 3 is 2.24 bits per heavy atom. The summed E-state index contributed by atoms with van der Waals surface area (Å²) in [6.45, 7) is 1.98. The third-order valence-corrected chi connectivity index (χ3v) is 3.30. The molecule has 0 aliphatic rings. The first-order valence-corrected chi connectivity index (χ1v) is 6.58. The van der Waals surface area contributed by atoms with Crippen LogP contribution >= 0.6 is 11.6 Å². The predicted molar refractivity (Wildman–Crippen MR) is 73.5 cm³/mol. The van der Waals surface area contributed by atoms with Gasteiger partial charge < -0.3 is 0 Å². The molecule has 0 fully saturated rings. The van der Waals surface area contributed by atoms with Crippen molar-refractivity contribution in [3.63, 3.8) is 0 Å². The van der Waals surface area contributed by atoms with E-state index in [1.165, 1.54) is 0 Å². The Labute approximate surface area is 124 Å². The molecule has 21 heavy (non-hydrogen) atoms. The number of hydrogen-bond donors (Lipinski definition) is 0. The lowest BCUT2D eigenvalue weighted by Crippen LogP contribution is -2.10. The fourth-order valence-electron chi connectivity index (χ4n) is 1.81. The van der Waals surface area contributed by atoms with E-state index in [2.05, 4.69) is 4.98 Å². The minimum Gasteiger partial charge on any atom is -0.288 e. The van der Waals surface area contributed by atoms with Crippen LogP contribution in [-0.4, -0.2) is 10.8 Å². The van der Waals surface area contributed by atoms with Crippen LogP contribution in [0.5, 0.6) is 0 Å². The van der Waals surface area contributed by atoms with E-state index in [1.54, 1.807) is 24.3 Å².